The van der Waals surface area contributed by atoms with Crippen LogP contribution in [0.3, 0.4) is 0 Å². The van der Waals surface area contributed by atoms with Crippen molar-refractivity contribution in [2.45, 2.75) is 65.7 Å². The first-order valence-electron chi connectivity index (χ1n) is 12.7. The van der Waals surface area contributed by atoms with Gasteiger partial charge in [0, 0.05) is 30.3 Å². The van der Waals surface area contributed by atoms with E-state index in [-0.39, 0.29) is 23.7 Å². The lowest BCUT2D eigenvalue weighted by Crippen LogP contribution is -2.22. The minimum absolute atomic E-state index is 0.151. The van der Waals surface area contributed by atoms with Crippen molar-refractivity contribution >= 4 is 29.1 Å². The Hall–Kier alpha value is -2.77. The molecule has 0 fully saturated rings. The van der Waals surface area contributed by atoms with Crippen molar-refractivity contribution in [1.29, 1.82) is 0 Å². The van der Waals surface area contributed by atoms with E-state index < -0.39 is 5.91 Å². The average molecular weight is 533 g/mol. The third-order valence-corrected chi connectivity index (χ3v) is 6.28. The molecule has 2 rings (SSSR count). The van der Waals surface area contributed by atoms with E-state index in [1.165, 1.54) is 0 Å². The fourth-order valence-corrected chi connectivity index (χ4v) is 4.51. The maximum atomic E-state index is 13.4. The highest BCUT2D eigenvalue weighted by Crippen LogP contribution is 2.40. The van der Waals surface area contributed by atoms with Crippen molar-refractivity contribution in [3.8, 4) is 11.5 Å². The lowest BCUT2D eigenvalue weighted by atomic mass is 9.84. The summed E-state index contributed by atoms with van der Waals surface area (Å²) in [6, 6.07) is 8.76. The van der Waals surface area contributed by atoms with E-state index in [9.17, 15) is 9.59 Å². The number of hydrogen-bond acceptors (Lipinski definition) is 5. The van der Waals surface area contributed by atoms with Gasteiger partial charge < -0.3 is 25.3 Å². The number of carbonyl (C=O) groups excluding carboxylic acids is 2. The lowest BCUT2D eigenvalue weighted by Gasteiger charge is -2.25. The van der Waals surface area contributed by atoms with E-state index >= 15 is 0 Å². The van der Waals surface area contributed by atoms with Crippen LogP contribution < -0.4 is 20.5 Å². The molecule has 0 aliphatic rings. The van der Waals surface area contributed by atoms with Crippen LogP contribution in [0.2, 0.25) is 5.02 Å². The molecule has 0 aliphatic heterocycles. The van der Waals surface area contributed by atoms with E-state index in [2.05, 4.69) is 19.2 Å². The zero-order valence-electron chi connectivity index (χ0n) is 23.1. The van der Waals surface area contributed by atoms with Crippen LogP contribution in [-0.4, -0.2) is 38.7 Å². The van der Waals surface area contributed by atoms with Crippen molar-refractivity contribution in [2.75, 3.05) is 32.2 Å². The molecule has 0 saturated heterocycles. The summed E-state index contributed by atoms with van der Waals surface area (Å²) in [4.78, 5) is 25.1. The fourth-order valence-electron chi connectivity index (χ4n) is 4.28. The van der Waals surface area contributed by atoms with Gasteiger partial charge in [-0.15, -0.1) is 0 Å². The largest absolute Gasteiger partial charge is 0.496 e. The number of nitrogens with one attached hydrogen (secondary N) is 1. The Morgan fingerprint density at radius 2 is 1.78 bits per heavy atom. The number of hydrogen-bond donors (Lipinski definition) is 2. The summed E-state index contributed by atoms with van der Waals surface area (Å²) in [7, 11) is 1.59. The Morgan fingerprint density at radius 3 is 2.35 bits per heavy atom. The van der Waals surface area contributed by atoms with Crippen molar-refractivity contribution in [3.63, 3.8) is 0 Å². The number of halogens is 1. The molecule has 37 heavy (non-hydrogen) atoms. The third-order valence-electron chi connectivity index (χ3n) is 5.99. The zero-order chi connectivity index (χ0) is 27.8. The van der Waals surface area contributed by atoms with E-state index in [1.54, 1.807) is 25.3 Å². The van der Waals surface area contributed by atoms with Gasteiger partial charge in [-0.25, -0.2) is 0 Å². The van der Waals surface area contributed by atoms with Gasteiger partial charge in [0.15, 0.2) is 0 Å². The number of ether oxygens (including phenoxy) is 3. The Kier molecular flexibility index (Phi) is 11.3. The molecule has 204 valence electrons. The van der Waals surface area contributed by atoms with Crippen LogP contribution in [0.5, 0.6) is 11.5 Å². The van der Waals surface area contributed by atoms with E-state index in [0.29, 0.717) is 53.5 Å². The number of anilines is 1. The number of amides is 2. The van der Waals surface area contributed by atoms with Crippen LogP contribution >= 0.6 is 11.6 Å². The summed E-state index contributed by atoms with van der Waals surface area (Å²) >= 11 is 6.57. The van der Waals surface area contributed by atoms with Gasteiger partial charge in [-0.2, -0.15) is 0 Å². The summed E-state index contributed by atoms with van der Waals surface area (Å²) in [5, 5.41) is 3.48. The van der Waals surface area contributed by atoms with Crippen LogP contribution in [0, 0.1) is 5.92 Å². The van der Waals surface area contributed by atoms with Crippen LogP contribution in [0.15, 0.2) is 30.3 Å². The van der Waals surface area contributed by atoms with Crippen molar-refractivity contribution in [2.24, 2.45) is 11.7 Å². The molecule has 8 heteroatoms. The van der Waals surface area contributed by atoms with E-state index in [4.69, 9.17) is 31.5 Å². The molecule has 2 aromatic carbocycles. The summed E-state index contributed by atoms with van der Waals surface area (Å²) in [5.74, 6) is 0.576. The van der Waals surface area contributed by atoms with Gasteiger partial charge in [-0.05, 0) is 59.9 Å². The predicted octanol–water partition coefficient (Wildman–Crippen LogP) is 6.32. The minimum atomic E-state index is -0.545. The van der Waals surface area contributed by atoms with Crippen LogP contribution in [0.25, 0.3) is 0 Å². The van der Waals surface area contributed by atoms with Gasteiger partial charge >= 0.3 is 0 Å². The third kappa shape index (κ3) is 8.93. The van der Waals surface area contributed by atoms with E-state index in [0.717, 1.165) is 17.5 Å². The first-order chi connectivity index (χ1) is 17.4. The van der Waals surface area contributed by atoms with E-state index in [1.807, 2.05) is 39.8 Å². The second-order valence-corrected chi connectivity index (χ2v) is 10.9. The molecule has 0 heterocycles. The Morgan fingerprint density at radius 1 is 1.08 bits per heavy atom. The number of rotatable bonds is 13. The van der Waals surface area contributed by atoms with Gasteiger partial charge in [0.2, 0.25) is 11.8 Å². The molecular formula is C29H41ClN2O5. The van der Waals surface area contributed by atoms with Crippen molar-refractivity contribution < 1.29 is 23.8 Å². The minimum Gasteiger partial charge on any atom is -0.496 e. The molecule has 0 radical (unpaired) electrons. The highest BCUT2D eigenvalue weighted by molar-refractivity contribution is 6.32. The second-order valence-electron chi connectivity index (χ2n) is 10.5. The second kappa shape index (κ2) is 13.7. The Labute approximate surface area is 226 Å². The van der Waals surface area contributed by atoms with Crippen LogP contribution in [0.1, 0.15) is 81.8 Å². The summed E-state index contributed by atoms with van der Waals surface area (Å²) in [6.07, 6.45) is 0.956. The monoisotopic (exact) mass is 532 g/mol. The average Bonchev–Trinajstić information content (AvgIpc) is 2.80. The first kappa shape index (κ1) is 30.5. The Balaban J connectivity index is 2.35. The highest BCUT2D eigenvalue weighted by Gasteiger charge is 2.25. The predicted molar refractivity (Wildman–Crippen MR) is 149 cm³/mol. The zero-order valence-corrected chi connectivity index (χ0v) is 23.8. The number of primary amides is 1. The van der Waals surface area contributed by atoms with Gasteiger partial charge in [-0.1, -0.05) is 52.3 Å². The summed E-state index contributed by atoms with van der Waals surface area (Å²) in [6.45, 7) is 13.7. The molecule has 2 aromatic rings. The summed E-state index contributed by atoms with van der Waals surface area (Å²) < 4.78 is 16.8. The van der Waals surface area contributed by atoms with Gasteiger partial charge in [0.1, 0.15) is 18.1 Å². The maximum absolute atomic E-state index is 13.4. The quantitative estimate of drug-likeness (QED) is 0.294. The highest BCUT2D eigenvalue weighted by atomic mass is 35.5. The molecule has 1 atom stereocenters. The SMILES string of the molecule is CCOCCOc1cc(OC)c(C(CC(=O)Nc2cc(C(N)=O)ccc2C(C)(C)C)CC(C)C)cc1Cl. The molecule has 1 unspecified atom stereocenters. The van der Waals surface area contributed by atoms with Crippen LogP contribution in [0.4, 0.5) is 5.69 Å². The number of benzene rings is 2. The van der Waals surface area contributed by atoms with Gasteiger partial charge in [0.25, 0.3) is 0 Å². The van der Waals surface area contributed by atoms with Crippen molar-refractivity contribution in [1.82, 2.24) is 0 Å². The maximum Gasteiger partial charge on any atom is 0.248 e. The smallest absolute Gasteiger partial charge is 0.248 e. The fraction of sp³-hybridized carbons (Fsp3) is 0.517. The molecule has 2 amide bonds. The topological polar surface area (TPSA) is 99.9 Å². The molecule has 0 aromatic heterocycles. The van der Waals surface area contributed by atoms with Gasteiger partial charge in [-0.3, -0.25) is 9.59 Å². The van der Waals surface area contributed by atoms with Gasteiger partial charge in [0.05, 0.1) is 18.7 Å². The van der Waals surface area contributed by atoms with Crippen molar-refractivity contribution in [3.05, 3.63) is 52.0 Å². The lowest BCUT2D eigenvalue weighted by molar-refractivity contribution is -0.116. The molecule has 3 N–H and O–H groups in total. The van der Waals surface area contributed by atoms with Crippen LogP contribution in [-0.2, 0) is 14.9 Å². The molecular weight excluding hydrogens is 492 g/mol. The number of carbonyl (C=O) groups is 2. The normalized spacial score (nSPS) is 12.4. The molecule has 0 spiro atoms. The molecule has 0 bridgehead atoms. The standard InChI is InChI=1S/C29H41ClN2O5/c1-8-36-11-12-37-26-17-25(35-7)21(16-23(26)30)20(13-18(2)3)15-27(33)32-24-14-19(28(31)34)9-10-22(24)29(4,5)6/h9-10,14,16-18,20H,8,11-13,15H2,1-7H3,(H2,31,34)(H,32,33). The summed E-state index contributed by atoms with van der Waals surface area (Å²) in [5.41, 5.74) is 7.93. The molecule has 0 saturated carbocycles. The Bertz CT molecular complexity index is 1080. The first-order valence-corrected chi connectivity index (χ1v) is 13.1. The number of methoxy groups -OCH3 is 1. The number of nitrogens with two attached hydrogens (primary N) is 1. The molecule has 7 nitrogen and oxygen atoms in total. The molecule has 0 aliphatic carbocycles.